The Morgan fingerprint density at radius 2 is 2.42 bits per heavy atom. The maximum absolute atomic E-state index is 11.0. The second-order valence-electron chi connectivity index (χ2n) is 2.54. The molecule has 0 amide bonds. The molecule has 1 atom stereocenters. The highest BCUT2D eigenvalue weighted by Gasteiger charge is 2.12. The molecular weight excluding hydrogens is 154 g/mol. The van der Waals surface area contributed by atoms with Gasteiger partial charge in [0.2, 0.25) is 0 Å². The summed E-state index contributed by atoms with van der Waals surface area (Å²) in [7, 11) is 0. The van der Waals surface area contributed by atoms with Gasteiger partial charge in [0.25, 0.3) is 0 Å². The zero-order valence-electron chi connectivity index (χ0n) is 7.38. The zero-order chi connectivity index (χ0) is 9.40. The minimum atomic E-state index is -0.660. The van der Waals surface area contributed by atoms with Gasteiger partial charge >= 0.3 is 5.97 Å². The van der Waals surface area contributed by atoms with Gasteiger partial charge in [0.05, 0.1) is 6.61 Å². The van der Waals surface area contributed by atoms with Crippen molar-refractivity contribution in [3.05, 3.63) is 0 Å². The molecule has 12 heavy (non-hydrogen) atoms. The van der Waals surface area contributed by atoms with Crippen molar-refractivity contribution in [2.45, 2.75) is 32.2 Å². The Hall–Kier alpha value is -1.01. The number of rotatable bonds is 5. The molecule has 0 saturated carbocycles. The van der Waals surface area contributed by atoms with Crippen LogP contribution in [0.4, 0.5) is 0 Å². The number of carbonyl (C=O) groups excluding carboxylic acids is 1. The van der Waals surface area contributed by atoms with Crippen molar-refractivity contribution in [2.24, 2.45) is 5.73 Å². The van der Waals surface area contributed by atoms with Gasteiger partial charge in [0.1, 0.15) is 6.04 Å². The standard InChI is InChI=1S/C9H15NO2/c1-3-5-7-12-9(11)8(10)6-4-2/h2,8H,3,5-7,10H2,1H3. The first kappa shape index (κ1) is 11.0. The van der Waals surface area contributed by atoms with E-state index in [0.717, 1.165) is 12.8 Å². The fraction of sp³-hybridized carbons (Fsp3) is 0.667. The number of ether oxygens (including phenoxy) is 1. The average molecular weight is 169 g/mol. The summed E-state index contributed by atoms with van der Waals surface area (Å²) >= 11 is 0. The lowest BCUT2D eigenvalue weighted by Gasteiger charge is -2.07. The van der Waals surface area contributed by atoms with Crippen molar-refractivity contribution in [3.8, 4) is 12.3 Å². The van der Waals surface area contributed by atoms with E-state index in [2.05, 4.69) is 5.92 Å². The molecule has 0 radical (unpaired) electrons. The molecule has 0 rings (SSSR count). The summed E-state index contributed by atoms with van der Waals surface area (Å²) in [6.45, 7) is 2.46. The van der Waals surface area contributed by atoms with Gasteiger partial charge in [0.15, 0.2) is 0 Å². The van der Waals surface area contributed by atoms with Crippen molar-refractivity contribution >= 4 is 5.97 Å². The monoisotopic (exact) mass is 169 g/mol. The molecule has 0 heterocycles. The molecule has 0 bridgehead atoms. The first-order valence-corrected chi connectivity index (χ1v) is 4.08. The number of nitrogens with two attached hydrogens (primary N) is 1. The van der Waals surface area contributed by atoms with E-state index in [4.69, 9.17) is 16.9 Å². The molecule has 3 heteroatoms. The summed E-state index contributed by atoms with van der Waals surface area (Å²) in [6.07, 6.45) is 7.09. The molecule has 2 N–H and O–H groups in total. The number of esters is 1. The Kier molecular flexibility index (Phi) is 6.12. The smallest absolute Gasteiger partial charge is 0.323 e. The van der Waals surface area contributed by atoms with Crippen LogP contribution < -0.4 is 5.73 Å². The fourth-order valence-electron chi connectivity index (χ4n) is 0.634. The maximum Gasteiger partial charge on any atom is 0.323 e. The van der Waals surface area contributed by atoms with Gasteiger partial charge in [-0.05, 0) is 6.42 Å². The molecule has 0 aromatic carbocycles. The van der Waals surface area contributed by atoms with Gasteiger partial charge in [0, 0.05) is 6.42 Å². The van der Waals surface area contributed by atoms with Gasteiger partial charge in [-0.15, -0.1) is 12.3 Å². The minimum absolute atomic E-state index is 0.241. The van der Waals surface area contributed by atoms with Crippen LogP contribution in [-0.4, -0.2) is 18.6 Å². The summed E-state index contributed by atoms with van der Waals surface area (Å²) in [5.74, 6) is 1.91. The highest BCUT2D eigenvalue weighted by Crippen LogP contribution is 1.93. The molecule has 0 aliphatic carbocycles. The lowest BCUT2D eigenvalue weighted by Crippen LogP contribution is -2.31. The average Bonchev–Trinajstić information content (AvgIpc) is 2.05. The van der Waals surface area contributed by atoms with E-state index in [-0.39, 0.29) is 6.42 Å². The molecule has 0 fully saturated rings. The van der Waals surface area contributed by atoms with E-state index in [1.54, 1.807) is 0 Å². The van der Waals surface area contributed by atoms with Crippen molar-refractivity contribution < 1.29 is 9.53 Å². The molecule has 0 aliphatic rings. The van der Waals surface area contributed by atoms with Crippen LogP contribution in [0.25, 0.3) is 0 Å². The second-order valence-corrected chi connectivity index (χ2v) is 2.54. The minimum Gasteiger partial charge on any atom is -0.465 e. The van der Waals surface area contributed by atoms with Crippen LogP contribution in [0.3, 0.4) is 0 Å². The van der Waals surface area contributed by atoms with E-state index in [1.165, 1.54) is 0 Å². The van der Waals surface area contributed by atoms with E-state index in [1.807, 2.05) is 6.92 Å². The Balaban J connectivity index is 3.51. The van der Waals surface area contributed by atoms with Crippen LogP contribution in [0.1, 0.15) is 26.2 Å². The highest BCUT2D eigenvalue weighted by atomic mass is 16.5. The van der Waals surface area contributed by atoms with Crippen LogP contribution in [0.15, 0.2) is 0 Å². The van der Waals surface area contributed by atoms with E-state index in [9.17, 15) is 4.79 Å². The second kappa shape index (κ2) is 6.68. The third-order valence-corrected chi connectivity index (χ3v) is 1.38. The molecule has 3 nitrogen and oxygen atoms in total. The van der Waals surface area contributed by atoms with Crippen LogP contribution in [0, 0.1) is 12.3 Å². The number of terminal acetylenes is 1. The molecule has 0 aromatic heterocycles. The zero-order valence-corrected chi connectivity index (χ0v) is 7.38. The summed E-state index contributed by atoms with van der Waals surface area (Å²) in [5, 5.41) is 0. The van der Waals surface area contributed by atoms with E-state index < -0.39 is 12.0 Å². The van der Waals surface area contributed by atoms with Crippen LogP contribution >= 0.6 is 0 Å². The highest BCUT2D eigenvalue weighted by molar-refractivity contribution is 5.75. The SMILES string of the molecule is C#CCC(N)C(=O)OCCCC. The number of carbonyl (C=O) groups is 1. The molecular formula is C9H15NO2. The third kappa shape index (κ3) is 4.75. The predicted molar refractivity (Wildman–Crippen MR) is 47.3 cm³/mol. The molecule has 0 aromatic rings. The number of hydrogen-bond donors (Lipinski definition) is 1. The molecule has 0 aliphatic heterocycles. The maximum atomic E-state index is 11.0. The topological polar surface area (TPSA) is 52.3 Å². The Labute approximate surface area is 73.3 Å². The van der Waals surface area contributed by atoms with Gasteiger partial charge in [-0.2, -0.15) is 0 Å². The molecule has 0 spiro atoms. The lowest BCUT2D eigenvalue weighted by molar-refractivity contribution is -0.145. The van der Waals surface area contributed by atoms with Gasteiger partial charge in [-0.1, -0.05) is 13.3 Å². The summed E-state index contributed by atoms with van der Waals surface area (Å²) < 4.78 is 4.84. The fourth-order valence-corrected chi connectivity index (χ4v) is 0.634. The normalized spacial score (nSPS) is 11.8. The third-order valence-electron chi connectivity index (χ3n) is 1.38. The van der Waals surface area contributed by atoms with Gasteiger partial charge < -0.3 is 10.5 Å². The molecule has 1 unspecified atom stereocenters. The summed E-state index contributed by atoms with van der Waals surface area (Å²) in [4.78, 5) is 11.0. The van der Waals surface area contributed by atoms with Gasteiger partial charge in [-0.25, -0.2) is 0 Å². The Morgan fingerprint density at radius 3 is 2.92 bits per heavy atom. The van der Waals surface area contributed by atoms with E-state index >= 15 is 0 Å². The van der Waals surface area contributed by atoms with Crippen molar-refractivity contribution in [2.75, 3.05) is 6.61 Å². The number of unbranched alkanes of at least 4 members (excludes halogenated alkanes) is 1. The lowest BCUT2D eigenvalue weighted by atomic mass is 10.2. The Bertz CT molecular complexity index is 172. The number of hydrogen-bond acceptors (Lipinski definition) is 3. The van der Waals surface area contributed by atoms with Crippen molar-refractivity contribution in [1.29, 1.82) is 0 Å². The first-order chi connectivity index (χ1) is 5.72. The van der Waals surface area contributed by atoms with Crippen LogP contribution in [0.2, 0.25) is 0 Å². The summed E-state index contributed by atoms with van der Waals surface area (Å²) in [6, 6.07) is -0.660. The van der Waals surface area contributed by atoms with Gasteiger partial charge in [-0.3, -0.25) is 4.79 Å². The first-order valence-electron chi connectivity index (χ1n) is 4.08. The molecule has 68 valence electrons. The Morgan fingerprint density at radius 1 is 1.75 bits per heavy atom. The summed E-state index contributed by atoms with van der Waals surface area (Å²) in [5.41, 5.74) is 5.39. The largest absolute Gasteiger partial charge is 0.465 e. The van der Waals surface area contributed by atoms with Crippen molar-refractivity contribution in [1.82, 2.24) is 0 Å². The predicted octanol–water partition coefficient (Wildman–Crippen LogP) is 0.680. The molecule has 0 saturated heterocycles. The van der Waals surface area contributed by atoms with E-state index in [0.29, 0.717) is 6.61 Å². The quantitative estimate of drug-likeness (QED) is 0.374. The van der Waals surface area contributed by atoms with Crippen LogP contribution in [0.5, 0.6) is 0 Å². The van der Waals surface area contributed by atoms with Crippen molar-refractivity contribution in [3.63, 3.8) is 0 Å². The van der Waals surface area contributed by atoms with Crippen LogP contribution in [-0.2, 0) is 9.53 Å².